The SMILES string of the molecule is CN(C[C@@H](O)[C@H](Cc1cccc(Cl)c1)NC(=O)OC(C)(C)C)C(=O)OCc1ccccc1. The Morgan fingerprint density at radius 1 is 1.09 bits per heavy atom. The number of benzene rings is 2. The number of halogens is 1. The lowest BCUT2D eigenvalue weighted by molar-refractivity contribution is 0.0363. The molecule has 174 valence electrons. The Kier molecular flexibility index (Phi) is 9.35. The first-order valence-corrected chi connectivity index (χ1v) is 10.7. The molecular weight excluding hydrogens is 432 g/mol. The first-order valence-electron chi connectivity index (χ1n) is 10.4. The molecule has 2 N–H and O–H groups in total. The molecule has 0 bridgehead atoms. The van der Waals surface area contributed by atoms with Gasteiger partial charge in [-0.1, -0.05) is 54.1 Å². The Morgan fingerprint density at radius 2 is 1.75 bits per heavy atom. The van der Waals surface area contributed by atoms with Crippen molar-refractivity contribution in [1.82, 2.24) is 10.2 Å². The van der Waals surface area contributed by atoms with Crippen molar-refractivity contribution in [1.29, 1.82) is 0 Å². The summed E-state index contributed by atoms with van der Waals surface area (Å²) in [5.74, 6) is 0. The van der Waals surface area contributed by atoms with Gasteiger partial charge in [0, 0.05) is 12.1 Å². The fourth-order valence-electron chi connectivity index (χ4n) is 2.97. The quantitative estimate of drug-likeness (QED) is 0.606. The molecule has 2 amide bonds. The van der Waals surface area contributed by atoms with Crippen molar-refractivity contribution in [3.63, 3.8) is 0 Å². The number of alkyl carbamates (subject to hydrolysis) is 1. The molecule has 0 aromatic heterocycles. The number of likely N-dealkylation sites (N-methyl/N-ethyl adjacent to an activating group) is 1. The molecule has 2 rings (SSSR count). The molecule has 0 saturated heterocycles. The van der Waals surface area contributed by atoms with Crippen LogP contribution in [0.25, 0.3) is 0 Å². The van der Waals surface area contributed by atoms with E-state index in [1.165, 1.54) is 11.9 Å². The van der Waals surface area contributed by atoms with E-state index in [2.05, 4.69) is 5.32 Å². The average molecular weight is 463 g/mol. The molecule has 0 unspecified atom stereocenters. The summed E-state index contributed by atoms with van der Waals surface area (Å²) in [6, 6.07) is 15.7. The molecule has 0 spiro atoms. The molecule has 8 heteroatoms. The van der Waals surface area contributed by atoms with E-state index in [0.717, 1.165) is 11.1 Å². The van der Waals surface area contributed by atoms with Crippen LogP contribution in [0.3, 0.4) is 0 Å². The smallest absolute Gasteiger partial charge is 0.409 e. The van der Waals surface area contributed by atoms with Crippen molar-refractivity contribution < 1.29 is 24.2 Å². The van der Waals surface area contributed by atoms with Crippen LogP contribution in [-0.2, 0) is 22.5 Å². The minimum absolute atomic E-state index is 0.0470. The third-order valence-corrected chi connectivity index (χ3v) is 4.72. The minimum Gasteiger partial charge on any atom is -0.445 e. The second-order valence-electron chi connectivity index (χ2n) is 8.57. The predicted molar refractivity (Wildman–Crippen MR) is 124 cm³/mol. The van der Waals surface area contributed by atoms with E-state index >= 15 is 0 Å². The molecule has 0 saturated carbocycles. The van der Waals surface area contributed by atoms with Crippen molar-refractivity contribution in [2.45, 2.75) is 51.5 Å². The van der Waals surface area contributed by atoms with Crippen LogP contribution < -0.4 is 5.32 Å². The molecule has 2 aromatic carbocycles. The second kappa shape index (κ2) is 11.7. The van der Waals surface area contributed by atoms with Crippen LogP contribution in [0.15, 0.2) is 54.6 Å². The van der Waals surface area contributed by atoms with E-state index in [-0.39, 0.29) is 13.2 Å². The van der Waals surface area contributed by atoms with E-state index in [0.29, 0.717) is 11.4 Å². The fourth-order valence-corrected chi connectivity index (χ4v) is 3.18. The van der Waals surface area contributed by atoms with Gasteiger partial charge in [-0.2, -0.15) is 0 Å². The van der Waals surface area contributed by atoms with Gasteiger partial charge in [0.25, 0.3) is 0 Å². The average Bonchev–Trinajstić information content (AvgIpc) is 2.70. The highest BCUT2D eigenvalue weighted by atomic mass is 35.5. The Balaban J connectivity index is 2.02. The summed E-state index contributed by atoms with van der Waals surface area (Å²) >= 11 is 6.07. The van der Waals surface area contributed by atoms with Gasteiger partial charge >= 0.3 is 12.2 Å². The number of nitrogens with one attached hydrogen (secondary N) is 1. The summed E-state index contributed by atoms with van der Waals surface area (Å²) in [6.45, 7) is 5.35. The zero-order chi connectivity index (χ0) is 23.7. The number of rotatable bonds is 8. The standard InChI is InChI=1S/C24H31ClN2O5/c1-24(2,3)32-22(29)26-20(14-18-11-8-12-19(25)13-18)21(28)15-27(4)23(30)31-16-17-9-6-5-7-10-17/h5-13,20-21,28H,14-16H2,1-4H3,(H,26,29)/t20-,21+/m0/s1. The third-order valence-electron chi connectivity index (χ3n) is 4.49. The maximum atomic E-state index is 12.4. The van der Waals surface area contributed by atoms with Gasteiger partial charge in [-0.15, -0.1) is 0 Å². The van der Waals surface area contributed by atoms with Crippen molar-refractivity contribution in [2.75, 3.05) is 13.6 Å². The van der Waals surface area contributed by atoms with Crippen LogP contribution in [0.5, 0.6) is 0 Å². The molecule has 32 heavy (non-hydrogen) atoms. The van der Waals surface area contributed by atoms with E-state index in [4.69, 9.17) is 21.1 Å². The van der Waals surface area contributed by atoms with Gasteiger partial charge < -0.3 is 24.8 Å². The van der Waals surface area contributed by atoms with Crippen LogP contribution in [0.4, 0.5) is 9.59 Å². The lowest BCUT2D eigenvalue weighted by Crippen LogP contribution is -2.50. The van der Waals surface area contributed by atoms with Gasteiger partial charge in [-0.05, 0) is 50.5 Å². The normalized spacial score (nSPS) is 13.1. The van der Waals surface area contributed by atoms with Crippen molar-refractivity contribution >= 4 is 23.8 Å². The Labute approximate surface area is 194 Å². The number of carbonyl (C=O) groups is 2. The summed E-state index contributed by atoms with van der Waals surface area (Å²) in [6.07, 6.45) is -2.01. The van der Waals surface area contributed by atoms with E-state index in [1.54, 1.807) is 39.0 Å². The molecular formula is C24H31ClN2O5. The largest absolute Gasteiger partial charge is 0.445 e. The molecule has 0 radical (unpaired) electrons. The monoisotopic (exact) mass is 462 g/mol. The van der Waals surface area contributed by atoms with Crippen molar-refractivity contribution in [2.24, 2.45) is 0 Å². The summed E-state index contributed by atoms with van der Waals surface area (Å²) < 4.78 is 10.6. The van der Waals surface area contributed by atoms with Crippen LogP contribution in [0.2, 0.25) is 5.02 Å². The lowest BCUT2D eigenvalue weighted by atomic mass is 10.0. The van der Waals surface area contributed by atoms with Crippen molar-refractivity contribution in [3.05, 3.63) is 70.7 Å². The van der Waals surface area contributed by atoms with Gasteiger partial charge in [0.1, 0.15) is 12.2 Å². The zero-order valence-corrected chi connectivity index (χ0v) is 19.6. The lowest BCUT2D eigenvalue weighted by Gasteiger charge is -2.29. The van der Waals surface area contributed by atoms with Gasteiger partial charge in [0.2, 0.25) is 0 Å². The van der Waals surface area contributed by atoms with E-state index in [9.17, 15) is 14.7 Å². The number of hydrogen-bond donors (Lipinski definition) is 2. The van der Waals surface area contributed by atoms with Crippen LogP contribution in [-0.4, -0.2) is 53.5 Å². The summed E-state index contributed by atoms with van der Waals surface area (Å²) in [4.78, 5) is 26.0. The van der Waals surface area contributed by atoms with E-state index in [1.807, 2.05) is 36.4 Å². The van der Waals surface area contributed by atoms with Crippen molar-refractivity contribution in [3.8, 4) is 0 Å². The molecule has 0 fully saturated rings. The summed E-state index contributed by atoms with van der Waals surface area (Å²) in [7, 11) is 1.53. The first-order chi connectivity index (χ1) is 15.0. The van der Waals surface area contributed by atoms with Crippen LogP contribution >= 0.6 is 11.6 Å². The maximum absolute atomic E-state index is 12.4. The maximum Gasteiger partial charge on any atom is 0.409 e. The zero-order valence-electron chi connectivity index (χ0n) is 18.9. The number of hydrogen-bond acceptors (Lipinski definition) is 5. The summed E-state index contributed by atoms with van der Waals surface area (Å²) in [5.41, 5.74) is 1.00. The highest BCUT2D eigenvalue weighted by Crippen LogP contribution is 2.15. The third kappa shape index (κ3) is 9.16. The molecule has 0 heterocycles. The number of aliphatic hydroxyl groups is 1. The first kappa shape index (κ1) is 25.5. The molecule has 0 aliphatic carbocycles. The molecule has 7 nitrogen and oxygen atoms in total. The molecule has 2 aromatic rings. The van der Waals surface area contributed by atoms with Crippen LogP contribution in [0, 0.1) is 0 Å². The fraction of sp³-hybridized carbons (Fsp3) is 0.417. The number of nitrogens with zero attached hydrogens (tertiary/aromatic N) is 1. The van der Waals surface area contributed by atoms with Gasteiger partial charge in [0.05, 0.1) is 18.7 Å². The number of carbonyl (C=O) groups excluding carboxylic acids is 2. The topological polar surface area (TPSA) is 88.1 Å². The molecule has 2 atom stereocenters. The van der Waals surface area contributed by atoms with Crippen LogP contribution in [0.1, 0.15) is 31.9 Å². The molecule has 0 aliphatic heterocycles. The minimum atomic E-state index is -1.07. The van der Waals surface area contributed by atoms with Gasteiger partial charge in [-0.25, -0.2) is 9.59 Å². The van der Waals surface area contributed by atoms with Gasteiger partial charge in [0.15, 0.2) is 0 Å². The number of aliphatic hydroxyl groups excluding tert-OH is 1. The highest BCUT2D eigenvalue weighted by molar-refractivity contribution is 6.30. The Morgan fingerprint density at radius 3 is 2.38 bits per heavy atom. The highest BCUT2D eigenvalue weighted by Gasteiger charge is 2.27. The Hall–Kier alpha value is -2.77. The molecule has 0 aliphatic rings. The summed E-state index contributed by atoms with van der Waals surface area (Å²) in [5, 5.41) is 14.1. The number of ether oxygens (including phenoxy) is 2. The van der Waals surface area contributed by atoms with Gasteiger partial charge in [-0.3, -0.25) is 0 Å². The number of amides is 2. The van der Waals surface area contributed by atoms with E-state index < -0.39 is 29.9 Å². The predicted octanol–water partition coefficient (Wildman–Crippen LogP) is 4.41. The Bertz CT molecular complexity index is 885. The second-order valence-corrected chi connectivity index (χ2v) is 9.01.